The van der Waals surface area contributed by atoms with Gasteiger partial charge in [0.2, 0.25) is 5.91 Å². The smallest absolute Gasteiger partial charge is 0.410 e. The highest BCUT2D eigenvalue weighted by molar-refractivity contribution is 6.30. The van der Waals surface area contributed by atoms with Gasteiger partial charge in [-0.15, -0.1) is 0 Å². The Bertz CT molecular complexity index is 771. The molecule has 0 bridgehead atoms. The number of likely N-dealkylation sites (tertiary alicyclic amines) is 1. The largest absolute Gasteiger partial charge is 0.508 e. The Labute approximate surface area is 202 Å². The molecule has 33 heavy (non-hydrogen) atoms. The molecule has 4 rings (SSSR count). The van der Waals surface area contributed by atoms with Crippen LogP contribution in [0.25, 0.3) is 0 Å². The van der Waals surface area contributed by atoms with Crippen LogP contribution in [0.15, 0.2) is 24.3 Å². The van der Waals surface area contributed by atoms with Crippen LogP contribution in [0.2, 0.25) is 5.02 Å². The summed E-state index contributed by atoms with van der Waals surface area (Å²) in [6.45, 7) is 9.86. The third-order valence-corrected chi connectivity index (χ3v) is 6.68. The molecule has 0 aromatic heterocycles. The molecule has 0 spiro atoms. The van der Waals surface area contributed by atoms with Crippen LogP contribution in [0.5, 0.6) is 5.75 Å². The van der Waals surface area contributed by atoms with Gasteiger partial charge in [0.05, 0.1) is 0 Å². The second-order valence-corrected chi connectivity index (χ2v) is 10.5. The summed E-state index contributed by atoms with van der Waals surface area (Å²) in [7, 11) is 0. The van der Waals surface area contributed by atoms with Gasteiger partial charge >= 0.3 is 6.09 Å². The van der Waals surface area contributed by atoms with Crippen LogP contribution in [0.4, 0.5) is 4.79 Å². The molecular weight excluding hydrogens is 442 g/mol. The van der Waals surface area contributed by atoms with Crippen LogP contribution in [-0.2, 0) is 9.53 Å². The van der Waals surface area contributed by atoms with Gasteiger partial charge in [0, 0.05) is 43.8 Å². The number of hydrogen-bond donors (Lipinski definition) is 1. The quantitative estimate of drug-likeness (QED) is 0.675. The Morgan fingerprint density at radius 1 is 0.939 bits per heavy atom. The van der Waals surface area contributed by atoms with E-state index in [0.717, 1.165) is 51.5 Å². The second-order valence-electron chi connectivity index (χ2n) is 10.1. The maximum atomic E-state index is 13.1. The molecule has 3 aliphatic rings. The minimum absolute atomic E-state index is 0.110. The van der Waals surface area contributed by atoms with Crippen LogP contribution in [0, 0.1) is 0 Å². The van der Waals surface area contributed by atoms with Crippen LogP contribution in [0.3, 0.4) is 0 Å². The first-order chi connectivity index (χ1) is 15.6. The van der Waals surface area contributed by atoms with Gasteiger partial charge in [0.15, 0.2) is 0 Å². The highest BCUT2D eigenvalue weighted by Crippen LogP contribution is 2.27. The molecule has 2 heterocycles. The number of halogens is 1. The lowest BCUT2D eigenvalue weighted by molar-refractivity contribution is -0.135. The van der Waals surface area contributed by atoms with Gasteiger partial charge in [0.25, 0.3) is 0 Å². The molecule has 2 amide bonds. The average molecular weight is 480 g/mol. The number of nitrogens with zero attached hydrogens (tertiary/aromatic N) is 3. The van der Waals surface area contributed by atoms with Gasteiger partial charge in [-0.05, 0) is 77.1 Å². The molecule has 8 heteroatoms. The zero-order valence-corrected chi connectivity index (χ0v) is 20.9. The summed E-state index contributed by atoms with van der Waals surface area (Å²) in [6.07, 6.45) is 6.26. The first-order valence-corrected chi connectivity index (χ1v) is 12.5. The summed E-state index contributed by atoms with van der Waals surface area (Å²) < 4.78 is 5.49. The molecule has 184 valence electrons. The highest BCUT2D eigenvalue weighted by atomic mass is 35.5. The van der Waals surface area contributed by atoms with Gasteiger partial charge in [-0.25, -0.2) is 4.79 Å². The summed E-state index contributed by atoms with van der Waals surface area (Å²) in [6, 6.07) is 6.75. The molecule has 1 atom stereocenters. The number of carbonyl (C=O) groups is 2. The lowest BCUT2D eigenvalue weighted by Crippen LogP contribution is -2.50. The molecule has 1 aliphatic carbocycles. The number of hydrogen-bond acceptors (Lipinski definition) is 5. The number of ether oxygens (including phenoxy) is 1. The van der Waals surface area contributed by atoms with Crippen molar-refractivity contribution >= 4 is 23.6 Å². The van der Waals surface area contributed by atoms with Crippen LogP contribution in [-0.4, -0.2) is 82.2 Å². The van der Waals surface area contributed by atoms with Gasteiger partial charge in [0.1, 0.15) is 17.4 Å². The van der Waals surface area contributed by atoms with Crippen molar-refractivity contribution in [3.63, 3.8) is 0 Å². The lowest BCUT2D eigenvalue weighted by atomic mass is 9.91. The van der Waals surface area contributed by atoms with E-state index in [4.69, 9.17) is 21.4 Å². The highest BCUT2D eigenvalue weighted by Gasteiger charge is 2.39. The van der Waals surface area contributed by atoms with Gasteiger partial charge in [-0.1, -0.05) is 18.0 Å². The van der Waals surface area contributed by atoms with E-state index >= 15 is 0 Å². The Balaban J connectivity index is 0.000000323. The predicted molar refractivity (Wildman–Crippen MR) is 129 cm³/mol. The molecular formula is C25H38ClN3O4. The Morgan fingerprint density at radius 3 is 2.21 bits per heavy atom. The van der Waals surface area contributed by atoms with Crippen molar-refractivity contribution in [3.8, 4) is 5.75 Å². The Kier molecular flexibility index (Phi) is 8.88. The molecule has 1 N–H and O–H groups in total. The zero-order chi connectivity index (χ0) is 24.0. The number of amides is 2. The Morgan fingerprint density at radius 2 is 1.64 bits per heavy atom. The van der Waals surface area contributed by atoms with E-state index in [1.807, 2.05) is 25.7 Å². The number of phenolic OH excluding ortho intramolecular Hbond substituents is 1. The third kappa shape index (κ3) is 7.51. The summed E-state index contributed by atoms with van der Waals surface area (Å²) in [5.41, 5.74) is -0.529. The van der Waals surface area contributed by atoms with Crippen molar-refractivity contribution < 1.29 is 19.4 Å². The van der Waals surface area contributed by atoms with Crippen LogP contribution in [0.1, 0.15) is 59.3 Å². The van der Waals surface area contributed by atoms with Crippen molar-refractivity contribution in [3.05, 3.63) is 29.3 Å². The predicted octanol–water partition coefficient (Wildman–Crippen LogP) is 4.52. The number of aromatic hydroxyl groups is 1. The van der Waals surface area contributed by atoms with Gasteiger partial charge in [-0.2, -0.15) is 0 Å². The second kappa shape index (κ2) is 11.4. The maximum absolute atomic E-state index is 13.1. The summed E-state index contributed by atoms with van der Waals surface area (Å²) >= 11 is 5.50. The van der Waals surface area contributed by atoms with Crippen molar-refractivity contribution in [2.75, 3.05) is 32.7 Å². The number of carbonyl (C=O) groups excluding carboxylic acids is 2. The van der Waals surface area contributed by atoms with Crippen molar-refractivity contribution in [2.24, 2.45) is 0 Å². The van der Waals surface area contributed by atoms with E-state index in [0.29, 0.717) is 11.6 Å². The first-order valence-electron chi connectivity index (χ1n) is 12.1. The van der Waals surface area contributed by atoms with E-state index in [1.165, 1.54) is 19.3 Å². The van der Waals surface area contributed by atoms with E-state index in [2.05, 4.69) is 4.90 Å². The number of phenols is 1. The minimum atomic E-state index is -0.529. The topological polar surface area (TPSA) is 73.3 Å². The van der Waals surface area contributed by atoms with Gasteiger partial charge in [-0.3, -0.25) is 14.6 Å². The van der Waals surface area contributed by atoms with Gasteiger partial charge < -0.3 is 14.7 Å². The average Bonchev–Trinajstić information content (AvgIpc) is 3.08. The maximum Gasteiger partial charge on any atom is 0.410 e. The number of rotatable bonds is 2. The molecule has 1 aromatic carbocycles. The van der Waals surface area contributed by atoms with Crippen LogP contribution < -0.4 is 0 Å². The third-order valence-electron chi connectivity index (χ3n) is 6.43. The fourth-order valence-electron chi connectivity index (χ4n) is 4.49. The zero-order valence-electron chi connectivity index (χ0n) is 20.1. The van der Waals surface area contributed by atoms with E-state index in [1.54, 1.807) is 29.2 Å². The fourth-order valence-corrected chi connectivity index (χ4v) is 4.62. The van der Waals surface area contributed by atoms with Crippen LogP contribution >= 0.6 is 11.6 Å². The molecule has 7 nitrogen and oxygen atoms in total. The monoisotopic (exact) mass is 479 g/mol. The molecule has 2 saturated heterocycles. The van der Waals surface area contributed by atoms with Crippen molar-refractivity contribution in [1.29, 1.82) is 0 Å². The molecule has 3 fully saturated rings. The van der Waals surface area contributed by atoms with E-state index in [9.17, 15) is 9.59 Å². The molecule has 1 saturated carbocycles. The van der Waals surface area contributed by atoms with E-state index in [-0.39, 0.29) is 23.8 Å². The molecule has 0 radical (unpaired) electrons. The number of benzene rings is 1. The summed E-state index contributed by atoms with van der Waals surface area (Å²) in [5.74, 6) is 0.355. The lowest BCUT2D eigenvalue weighted by Gasteiger charge is -2.37. The van der Waals surface area contributed by atoms with Crippen molar-refractivity contribution in [1.82, 2.24) is 14.7 Å². The van der Waals surface area contributed by atoms with E-state index < -0.39 is 5.60 Å². The minimum Gasteiger partial charge on any atom is -0.508 e. The standard InChI is InChI=1S/C19H33N3O3.C6H5ClO/c1-19(2,3)25-18(24)22-12-5-9-16(22)17(23)21-11-6-10-20(13-14-21)15-7-4-8-15;7-5-1-3-6(8)4-2-5/h15-16H,4-14H2,1-3H3;1-4,8H/t16-;/m1./s1. The van der Waals surface area contributed by atoms with Crippen molar-refractivity contribution in [2.45, 2.75) is 77.0 Å². The molecule has 2 aliphatic heterocycles. The first kappa shape index (κ1) is 25.6. The SMILES string of the molecule is CC(C)(C)OC(=O)N1CCC[C@@H]1C(=O)N1CCCN(C2CCC2)CC1.Oc1ccc(Cl)cc1. The normalized spacial score (nSPS) is 22.1. The summed E-state index contributed by atoms with van der Waals surface area (Å²) in [4.78, 5) is 31.7. The summed E-state index contributed by atoms with van der Waals surface area (Å²) in [5, 5.41) is 9.34. The molecule has 0 unspecified atom stereocenters. The fraction of sp³-hybridized carbons (Fsp3) is 0.680. The molecule has 1 aromatic rings. The Hall–Kier alpha value is -1.99.